The second-order valence-electron chi connectivity index (χ2n) is 11.2. The molecule has 3 aromatic rings. The highest BCUT2D eigenvalue weighted by atomic mass is 19.1. The molecule has 1 amide bonds. The smallest absolute Gasteiger partial charge is 0.282 e. The second kappa shape index (κ2) is 12.6. The molecule has 6 rings (SSSR count). The molecule has 4 heterocycles. The third-order valence-electron chi connectivity index (χ3n) is 8.09. The van der Waals surface area contributed by atoms with Gasteiger partial charge in [-0.25, -0.2) is 9.37 Å². The van der Waals surface area contributed by atoms with Gasteiger partial charge < -0.3 is 24.6 Å². The second-order valence-corrected chi connectivity index (χ2v) is 11.2. The Morgan fingerprint density at radius 3 is 2.71 bits per heavy atom. The van der Waals surface area contributed by atoms with E-state index < -0.39 is 5.82 Å². The van der Waals surface area contributed by atoms with Crippen LogP contribution < -0.4 is 19.7 Å². The molecule has 0 radical (unpaired) electrons. The number of benzene rings is 1. The van der Waals surface area contributed by atoms with Crippen LogP contribution in [0.1, 0.15) is 69.1 Å². The summed E-state index contributed by atoms with van der Waals surface area (Å²) in [6.45, 7) is 13.5. The van der Waals surface area contributed by atoms with Gasteiger partial charge in [-0.2, -0.15) is 0 Å². The summed E-state index contributed by atoms with van der Waals surface area (Å²) >= 11 is 0. The molecule has 1 saturated heterocycles. The van der Waals surface area contributed by atoms with Gasteiger partial charge in [-0.15, -0.1) is 10.2 Å². The Hall–Kier alpha value is -3.86. The minimum Gasteiger partial charge on any atom is -0.490 e. The van der Waals surface area contributed by atoms with Gasteiger partial charge in [0.2, 0.25) is 0 Å². The van der Waals surface area contributed by atoms with E-state index in [4.69, 9.17) is 9.47 Å². The van der Waals surface area contributed by atoms with Gasteiger partial charge in [0.25, 0.3) is 11.8 Å². The summed E-state index contributed by atoms with van der Waals surface area (Å²) in [5, 5.41) is 11.4. The Labute approximate surface area is 246 Å². The molecule has 2 aromatic heterocycles. The lowest BCUT2D eigenvalue weighted by atomic mass is 9.61. The van der Waals surface area contributed by atoms with E-state index in [9.17, 15) is 9.18 Å². The lowest BCUT2D eigenvalue weighted by Crippen LogP contribution is -2.65. The van der Waals surface area contributed by atoms with Crippen LogP contribution in [0.2, 0.25) is 0 Å². The zero-order valence-electron chi connectivity index (χ0n) is 25.1. The van der Waals surface area contributed by atoms with Crippen LogP contribution in [0, 0.1) is 11.2 Å². The number of hydrogen-bond donors (Lipinski definition) is 1. The van der Waals surface area contributed by atoms with Crippen molar-refractivity contribution in [1.82, 2.24) is 30.4 Å². The molecule has 0 unspecified atom stereocenters. The number of amides is 1. The van der Waals surface area contributed by atoms with Crippen LogP contribution in [0.3, 0.4) is 0 Å². The lowest BCUT2D eigenvalue weighted by molar-refractivity contribution is -0.0350. The molecule has 1 aliphatic carbocycles. The van der Waals surface area contributed by atoms with E-state index in [2.05, 4.69) is 30.4 Å². The van der Waals surface area contributed by atoms with Crippen molar-refractivity contribution in [3.8, 4) is 17.4 Å². The van der Waals surface area contributed by atoms with Crippen molar-refractivity contribution in [3.05, 3.63) is 59.4 Å². The van der Waals surface area contributed by atoms with Crippen molar-refractivity contribution in [3.63, 3.8) is 0 Å². The number of carbonyl (C=O) groups is 1. The van der Waals surface area contributed by atoms with Crippen LogP contribution in [-0.2, 0) is 13.0 Å². The molecule has 224 valence electrons. The number of nitrogens with one attached hydrogen (secondary N) is 1. The van der Waals surface area contributed by atoms with Crippen LogP contribution in [0.4, 0.5) is 10.2 Å². The number of anilines is 1. The zero-order valence-corrected chi connectivity index (χ0v) is 25.1. The van der Waals surface area contributed by atoms with E-state index in [-0.39, 0.29) is 40.7 Å². The summed E-state index contributed by atoms with van der Waals surface area (Å²) in [6.07, 6.45) is 6.25. The van der Waals surface area contributed by atoms with Gasteiger partial charge in [-0.1, -0.05) is 13.8 Å². The molecule has 2 fully saturated rings. The zero-order chi connectivity index (χ0) is 29.9. The van der Waals surface area contributed by atoms with E-state index in [1.165, 1.54) is 30.1 Å². The quantitative estimate of drug-likeness (QED) is 0.405. The number of fused-ring (bicyclic) bond motifs is 1. The average molecular weight is 578 g/mol. The number of halogens is 1. The molecule has 11 heteroatoms. The van der Waals surface area contributed by atoms with Gasteiger partial charge in [0, 0.05) is 49.4 Å². The van der Waals surface area contributed by atoms with Crippen molar-refractivity contribution in [2.24, 2.45) is 5.41 Å². The first kappa shape index (κ1) is 29.6. The first-order chi connectivity index (χ1) is 20.4. The Morgan fingerprint density at radius 2 is 1.98 bits per heavy atom. The SMILES string of the molecule is CC.CCN(C(=O)c1cc(F)ccc1Oc1nncnc1N1CC2(CC(Oc3ccnc4c3CCNC4)C2)C1)C(C)C. The number of pyridine rings is 1. The van der Waals surface area contributed by atoms with Crippen LogP contribution in [-0.4, -0.2) is 69.3 Å². The maximum Gasteiger partial charge on any atom is 0.282 e. The summed E-state index contributed by atoms with van der Waals surface area (Å²) in [5.41, 5.74) is 2.60. The van der Waals surface area contributed by atoms with Gasteiger partial charge >= 0.3 is 0 Å². The third kappa shape index (κ3) is 5.88. The van der Waals surface area contributed by atoms with E-state index in [0.29, 0.717) is 12.4 Å². The van der Waals surface area contributed by atoms with E-state index >= 15 is 0 Å². The number of hydrogen-bond acceptors (Lipinski definition) is 9. The summed E-state index contributed by atoms with van der Waals surface area (Å²) in [5.74, 6) is 1.11. The number of aromatic nitrogens is 4. The molecule has 2 aliphatic heterocycles. The first-order valence-corrected chi connectivity index (χ1v) is 14.9. The molecular formula is C31H40FN7O3. The Balaban J connectivity index is 0.00000173. The fourth-order valence-electron chi connectivity index (χ4n) is 6.11. The molecule has 1 aromatic carbocycles. The van der Waals surface area contributed by atoms with Crippen molar-refractivity contribution >= 4 is 11.7 Å². The molecule has 3 aliphatic rings. The van der Waals surface area contributed by atoms with E-state index in [1.54, 1.807) is 4.90 Å². The predicted octanol–water partition coefficient (Wildman–Crippen LogP) is 4.79. The monoisotopic (exact) mass is 577 g/mol. The van der Waals surface area contributed by atoms with Crippen LogP contribution in [0.25, 0.3) is 0 Å². The number of nitrogens with zero attached hydrogens (tertiary/aromatic N) is 6. The molecular weight excluding hydrogens is 537 g/mol. The Bertz CT molecular complexity index is 1410. The summed E-state index contributed by atoms with van der Waals surface area (Å²) in [6, 6.07) is 5.86. The van der Waals surface area contributed by atoms with Crippen molar-refractivity contribution in [2.75, 3.05) is 31.1 Å². The van der Waals surface area contributed by atoms with Crippen molar-refractivity contribution < 1.29 is 18.7 Å². The number of rotatable bonds is 8. The normalized spacial score (nSPS) is 17.0. The Kier molecular flexibility index (Phi) is 8.86. The summed E-state index contributed by atoms with van der Waals surface area (Å²) < 4.78 is 26.7. The van der Waals surface area contributed by atoms with Crippen molar-refractivity contribution in [1.29, 1.82) is 0 Å². The fourth-order valence-corrected chi connectivity index (χ4v) is 6.11. The topological polar surface area (TPSA) is 106 Å². The van der Waals surface area contributed by atoms with E-state index in [1.807, 2.05) is 46.9 Å². The number of ether oxygens (including phenoxy) is 2. The summed E-state index contributed by atoms with van der Waals surface area (Å²) in [4.78, 5) is 25.9. The fraction of sp³-hybridized carbons (Fsp3) is 0.516. The van der Waals surface area contributed by atoms with Crippen LogP contribution in [0.15, 0.2) is 36.8 Å². The van der Waals surface area contributed by atoms with Gasteiger partial charge in [0.1, 0.15) is 29.7 Å². The van der Waals surface area contributed by atoms with Gasteiger partial charge in [0.05, 0.1) is 11.3 Å². The highest BCUT2D eigenvalue weighted by molar-refractivity contribution is 5.97. The average Bonchev–Trinajstić information content (AvgIpc) is 2.96. The lowest BCUT2D eigenvalue weighted by Gasteiger charge is -2.58. The predicted molar refractivity (Wildman–Crippen MR) is 157 cm³/mol. The van der Waals surface area contributed by atoms with Crippen LogP contribution in [0.5, 0.6) is 17.4 Å². The molecule has 10 nitrogen and oxygen atoms in total. The van der Waals surface area contributed by atoms with Crippen molar-refractivity contribution in [2.45, 2.75) is 72.6 Å². The maximum absolute atomic E-state index is 14.2. The van der Waals surface area contributed by atoms with Gasteiger partial charge in [-0.05, 0) is 70.8 Å². The molecule has 0 bridgehead atoms. The molecule has 42 heavy (non-hydrogen) atoms. The minimum absolute atomic E-state index is 0.0455. The standard InChI is InChI=1S/C29H34FN7O3.C2H6/c1-4-37(18(2)3)28(38)22-11-19(30)5-6-24(22)40-27-26(33-17-34-35-27)36-15-29(16-36)12-20(13-29)39-25-8-10-32-23-14-31-9-7-21(23)25;1-2/h5-6,8,10-11,17-18,20,31H,4,7,9,12-16H2,1-3H3;1-2H3. The third-order valence-corrected chi connectivity index (χ3v) is 8.09. The number of carbonyl (C=O) groups excluding carboxylic acids is 1. The van der Waals surface area contributed by atoms with E-state index in [0.717, 1.165) is 56.9 Å². The first-order valence-electron chi connectivity index (χ1n) is 14.9. The highest BCUT2D eigenvalue weighted by Crippen LogP contribution is 2.52. The van der Waals surface area contributed by atoms with Gasteiger partial charge in [0.15, 0.2) is 5.82 Å². The minimum atomic E-state index is -0.511. The molecule has 0 atom stereocenters. The summed E-state index contributed by atoms with van der Waals surface area (Å²) in [7, 11) is 0. The Morgan fingerprint density at radius 1 is 1.19 bits per heavy atom. The van der Waals surface area contributed by atoms with Gasteiger partial charge in [-0.3, -0.25) is 9.78 Å². The maximum atomic E-state index is 14.2. The highest BCUT2D eigenvalue weighted by Gasteiger charge is 2.54. The molecule has 1 spiro atoms. The molecule has 1 saturated carbocycles. The molecule has 1 N–H and O–H groups in total. The largest absolute Gasteiger partial charge is 0.490 e. The van der Waals surface area contributed by atoms with Crippen LogP contribution >= 0.6 is 0 Å².